The number of hydrogen-bond donors (Lipinski definition) is 3. The highest BCUT2D eigenvalue weighted by atomic mass is 32.2. The van der Waals surface area contributed by atoms with Crippen LogP contribution < -0.4 is 20.9 Å². The number of rotatable bonds is 3. The quantitative estimate of drug-likeness (QED) is 0.620. The lowest BCUT2D eigenvalue weighted by Gasteiger charge is -2.30. The number of piperazine rings is 1. The highest BCUT2D eigenvalue weighted by molar-refractivity contribution is 8.01. The molecule has 1 aromatic carbocycles. The lowest BCUT2D eigenvalue weighted by molar-refractivity contribution is -0.112. The zero-order valence-electron chi connectivity index (χ0n) is 19.9. The van der Waals surface area contributed by atoms with Gasteiger partial charge in [0.2, 0.25) is 0 Å². The molecule has 2 aromatic rings. The van der Waals surface area contributed by atoms with E-state index in [4.69, 9.17) is 0 Å². The first-order valence-corrected chi connectivity index (χ1v) is 12.5. The highest BCUT2D eigenvalue weighted by Gasteiger charge is 2.18. The number of aryl methyl sites for hydroxylation is 1. The fourth-order valence-corrected chi connectivity index (χ4v) is 4.31. The van der Waals surface area contributed by atoms with Gasteiger partial charge in [-0.1, -0.05) is 38.0 Å². The smallest absolute Gasteiger partial charge is 0.274 e. The molecule has 1 saturated heterocycles. The van der Waals surface area contributed by atoms with E-state index in [0.29, 0.717) is 17.0 Å². The molecule has 2 aliphatic rings. The molecule has 180 valence electrons. The molecule has 2 aliphatic heterocycles. The third-order valence-corrected chi connectivity index (χ3v) is 5.95. The maximum Gasteiger partial charge on any atom is 0.274 e. The molecule has 4 rings (SSSR count). The van der Waals surface area contributed by atoms with Gasteiger partial charge in [0.25, 0.3) is 11.8 Å². The molecule has 0 atom stereocenters. The molecular formula is C25H32N6O2S. The van der Waals surface area contributed by atoms with Crippen LogP contribution in [0.1, 0.15) is 41.8 Å². The molecule has 3 N–H and O–H groups in total. The summed E-state index contributed by atoms with van der Waals surface area (Å²) in [5.41, 5.74) is 4.33. The number of anilines is 2. The lowest BCUT2D eigenvalue weighted by atomic mass is 10.1. The maximum atomic E-state index is 13.0. The Morgan fingerprint density at radius 2 is 1.97 bits per heavy atom. The van der Waals surface area contributed by atoms with Crippen LogP contribution in [0.5, 0.6) is 0 Å². The minimum absolute atomic E-state index is 0.218. The monoisotopic (exact) mass is 480 g/mol. The fourth-order valence-electron chi connectivity index (χ4n) is 3.47. The summed E-state index contributed by atoms with van der Waals surface area (Å²) < 4.78 is 0. The fraction of sp³-hybridized carbons (Fsp3) is 0.360. The van der Waals surface area contributed by atoms with Crippen molar-refractivity contribution in [3.63, 3.8) is 0 Å². The topological polar surface area (TPSA) is 98.7 Å². The first-order chi connectivity index (χ1) is 16.5. The van der Waals surface area contributed by atoms with Gasteiger partial charge in [-0.2, -0.15) is 0 Å². The van der Waals surface area contributed by atoms with Crippen LogP contribution in [-0.4, -0.2) is 49.3 Å². The first kappa shape index (κ1) is 25.5. The zero-order chi connectivity index (χ0) is 24.3. The molecule has 0 radical (unpaired) electrons. The third-order valence-electron chi connectivity index (χ3n) is 5.08. The number of aromatic nitrogens is 1. The predicted octanol–water partition coefficient (Wildman–Crippen LogP) is 3.70. The van der Waals surface area contributed by atoms with Crippen LogP contribution in [0.25, 0.3) is 0 Å². The Kier molecular flexibility index (Phi) is 9.66. The molecule has 9 heteroatoms. The summed E-state index contributed by atoms with van der Waals surface area (Å²) in [7, 11) is 0. The van der Waals surface area contributed by atoms with Crippen molar-refractivity contribution in [1.82, 2.24) is 15.6 Å². The number of nitrogens with one attached hydrogen (secondary N) is 3. The van der Waals surface area contributed by atoms with Gasteiger partial charge in [0.1, 0.15) is 5.70 Å². The second-order valence-electron chi connectivity index (χ2n) is 8.00. The van der Waals surface area contributed by atoms with E-state index in [1.807, 2.05) is 31.2 Å². The van der Waals surface area contributed by atoms with Crippen molar-refractivity contribution in [2.75, 3.05) is 36.4 Å². The summed E-state index contributed by atoms with van der Waals surface area (Å²) in [5, 5.41) is 10.6. The van der Waals surface area contributed by atoms with Gasteiger partial charge < -0.3 is 20.9 Å². The van der Waals surface area contributed by atoms with Gasteiger partial charge in [-0.15, -0.1) is 11.8 Å². The predicted molar refractivity (Wildman–Crippen MR) is 140 cm³/mol. The summed E-state index contributed by atoms with van der Waals surface area (Å²) in [4.78, 5) is 36.0. The zero-order valence-corrected chi connectivity index (χ0v) is 20.7. The summed E-state index contributed by atoms with van der Waals surface area (Å²) in [6.07, 6.45) is 5.89. The van der Waals surface area contributed by atoms with Crippen molar-refractivity contribution in [3.05, 3.63) is 64.5 Å². The molecule has 3 heterocycles. The normalized spacial score (nSPS) is 17.3. The number of carbonyl (C=O) groups excluding carboxylic acids is 2. The number of pyridine rings is 1. The molecular weight excluding hydrogens is 448 g/mol. The molecule has 0 bridgehead atoms. The minimum Gasteiger partial charge on any atom is -0.367 e. The van der Waals surface area contributed by atoms with E-state index in [2.05, 4.69) is 44.7 Å². The van der Waals surface area contributed by atoms with Crippen LogP contribution in [-0.2, 0) is 10.5 Å². The maximum absolute atomic E-state index is 13.0. The number of hydrogen-bond acceptors (Lipinski definition) is 7. The Bertz CT molecular complexity index is 1060. The van der Waals surface area contributed by atoms with Crippen LogP contribution in [0.3, 0.4) is 0 Å². The Balaban J connectivity index is 0.00000103. The van der Waals surface area contributed by atoms with E-state index >= 15 is 0 Å². The van der Waals surface area contributed by atoms with Gasteiger partial charge in [-0.25, -0.2) is 4.99 Å². The number of fused-ring (bicyclic) bond motifs is 1. The van der Waals surface area contributed by atoms with E-state index in [1.54, 1.807) is 17.8 Å². The number of aliphatic imine (C=N–C) groups is 1. The number of thioether (sulfide) groups is 1. The van der Waals surface area contributed by atoms with E-state index in [-0.39, 0.29) is 17.5 Å². The van der Waals surface area contributed by atoms with E-state index < -0.39 is 0 Å². The van der Waals surface area contributed by atoms with Crippen LogP contribution in [0.2, 0.25) is 0 Å². The Labute approximate surface area is 205 Å². The van der Waals surface area contributed by atoms with Gasteiger partial charge in [-0.3, -0.25) is 14.6 Å². The molecule has 1 fully saturated rings. The van der Waals surface area contributed by atoms with Gasteiger partial charge in [-0.05, 0) is 24.6 Å². The summed E-state index contributed by atoms with van der Waals surface area (Å²) in [6, 6.07) is 7.68. The number of benzene rings is 1. The van der Waals surface area contributed by atoms with Crippen molar-refractivity contribution in [2.24, 2.45) is 4.99 Å². The average molecular weight is 481 g/mol. The van der Waals surface area contributed by atoms with E-state index in [0.717, 1.165) is 43.0 Å². The second kappa shape index (κ2) is 12.9. The summed E-state index contributed by atoms with van der Waals surface area (Å²) >= 11 is 1.43. The molecule has 34 heavy (non-hydrogen) atoms. The van der Waals surface area contributed by atoms with Crippen molar-refractivity contribution in [3.8, 4) is 0 Å². The Morgan fingerprint density at radius 1 is 1.21 bits per heavy atom. The number of carbonyl (C=O) groups is 2. The van der Waals surface area contributed by atoms with E-state index in [9.17, 15) is 9.59 Å². The van der Waals surface area contributed by atoms with Crippen LogP contribution >= 0.6 is 11.8 Å². The summed E-state index contributed by atoms with van der Waals surface area (Å²) in [5.74, 6) is -0.0288. The minimum atomic E-state index is -0.355. The van der Waals surface area contributed by atoms with Gasteiger partial charge in [0, 0.05) is 49.1 Å². The van der Waals surface area contributed by atoms with Crippen molar-refractivity contribution < 1.29 is 9.59 Å². The molecule has 8 nitrogen and oxygen atoms in total. The lowest BCUT2D eigenvalue weighted by Crippen LogP contribution is -2.43. The Hall–Kier alpha value is -3.17. The van der Waals surface area contributed by atoms with Gasteiger partial charge in [0.05, 0.1) is 23.9 Å². The van der Waals surface area contributed by atoms with Crippen LogP contribution in [0.4, 0.5) is 11.4 Å². The van der Waals surface area contributed by atoms with Crippen molar-refractivity contribution in [1.29, 1.82) is 0 Å². The number of nitrogens with zero attached hydrogens (tertiary/aromatic N) is 3. The molecule has 0 unspecified atom stereocenters. The molecule has 1 aromatic heterocycles. The van der Waals surface area contributed by atoms with Gasteiger partial charge >= 0.3 is 0 Å². The molecule has 2 amide bonds. The van der Waals surface area contributed by atoms with Gasteiger partial charge in [0.15, 0.2) is 0 Å². The van der Waals surface area contributed by atoms with Crippen molar-refractivity contribution in [2.45, 2.75) is 32.9 Å². The Morgan fingerprint density at radius 3 is 2.74 bits per heavy atom. The number of amides is 2. The van der Waals surface area contributed by atoms with Crippen LogP contribution in [0.15, 0.2) is 52.8 Å². The summed E-state index contributed by atoms with van der Waals surface area (Å²) in [6.45, 7) is 9.69. The first-order valence-electron chi connectivity index (χ1n) is 11.5. The second-order valence-corrected chi connectivity index (χ2v) is 8.86. The SMILES string of the molecule is CCC.Cc1ccc2c(c1)C(=O)NC=N/C(C(=O)Nc1cnccc1N1CCNCC1)=C\SC2. The highest BCUT2D eigenvalue weighted by Crippen LogP contribution is 2.26. The van der Waals surface area contributed by atoms with Crippen LogP contribution in [0, 0.1) is 6.92 Å². The molecule has 0 aliphatic carbocycles. The molecule has 0 saturated carbocycles. The standard InChI is InChI=1S/C22H24N6O2S.C3H8/c1-15-2-3-16-12-31-13-19(25-14-26-21(29)17(16)10-15)22(30)27-18-11-24-5-4-20(18)28-8-6-23-7-9-28;1-3-2/h2-5,10-11,13-14,23H,6-9,12H2,1H3,(H,27,30)(H,25,26,29);3H2,1-2H3/b19-13-;. The van der Waals surface area contributed by atoms with Crippen molar-refractivity contribution >= 4 is 41.3 Å². The average Bonchev–Trinajstić information content (AvgIpc) is 2.85. The van der Waals surface area contributed by atoms with E-state index in [1.165, 1.54) is 24.5 Å². The molecule has 0 spiro atoms. The largest absolute Gasteiger partial charge is 0.367 e. The third kappa shape index (κ3) is 6.91.